The van der Waals surface area contributed by atoms with Crippen LogP contribution in [0.3, 0.4) is 0 Å². The van der Waals surface area contributed by atoms with Crippen LogP contribution in [0.2, 0.25) is 0 Å². The van der Waals surface area contributed by atoms with Crippen LogP contribution in [0, 0.1) is 34.5 Å². The summed E-state index contributed by atoms with van der Waals surface area (Å²) < 4.78 is 41.6. The first kappa shape index (κ1) is 17.3. The standard InChI is InChI=1S/C20H25F3O2/c1-18-7-5-11(24)9-15(18)16(20(21,22)23)10-12-13-3-4-17(25)19(13,2)8-6-14(12)18/h9,12-14,16H,3-8,10H2,1-2H3/t12-,13-,14-,16+,18+,19-/m0/s1. The molecule has 25 heavy (non-hydrogen) atoms. The Hall–Kier alpha value is -1.13. The zero-order valence-electron chi connectivity index (χ0n) is 14.8. The molecule has 0 aromatic rings. The van der Waals surface area contributed by atoms with E-state index in [-0.39, 0.29) is 35.7 Å². The lowest BCUT2D eigenvalue weighted by Gasteiger charge is -2.58. The van der Waals surface area contributed by atoms with Gasteiger partial charge in [-0.1, -0.05) is 13.8 Å². The van der Waals surface area contributed by atoms with Crippen LogP contribution < -0.4 is 0 Å². The van der Waals surface area contributed by atoms with Crippen LogP contribution in [-0.2, 0) is 9.59 Å². The van der Waals surface area contributed by atoms with E-state index in [1.54, 1.807) is 0 Å². The van der Waals surface area contributed by atoms with Crippen molar-refractivity contribution in [1.82, 2.24) is 0 Å². The third kappa shape index (κ3) is 2.30. The van der Waals surface area contributed by atoms with E-state index < -0.39 is 22.9 Å². The Morgan fingerprint density at radius 2 is 1.68 bits per heavy atom. The lowest BCUT2D eigenvalue weighted by atomic mass is 9.45. The van der Waals surface area contributed by atoms with Crippen molar-refractivity contribution in [2.75, 3.05) is 0 Å². The number of Topliss-reactive ketones (excluding diaryl/α,β-unsaturated/α-hetero) is 1. The fourth-order valence-corrected chi connectivity index (χ4v) is 6.72. The molecular formula is C20H25F3O2. The summed E-state index contributed by atoms with van der Waals surface area (Å²) in [6.07, 6.45) is 0.723. The number of carbonyl (C=O) groups is 2. The third-order valence-corrected chi connectivity index (χ3v) is 8.11. The lowest BCUT2D eigenvalue weighted by Crippen LogP contribution is -2.54. The Kier molecular flexibility index (Phi) is 3.60. The first-order chi connectivity index (χ1) is 11.6. The molecule has 4 rings (SSSR count). The number of halogens is 3. The van der Waals surface area contributed by atoms with Crippen molar-refractivity contribution >= 4 is 11.6 Å². The van der Waals surface area contributed by atoms with Crippen molar-refractivity contribution in [3.63, 3.8) is 0 Å². The number of alkyl halides is 3. The average Bonchev–Trinajstić information content (AvgIpc) is 2.82. The Morgan fingerprint density at radius 1 is 1.00 bits per heavy atom. The summed E-state index contributed by atoms with van der Waals surface area (Å²) in [5.74, 6) is -1.29. The maximum atomic E-state index is 13.9. The van der Waals surface area contributed by atoms with Crippen LogP contribution in [0.1, 0.15) is 58.8 Å². The second kappa shape index (κ2) is 5.20. The monoisotopic (exact) mass is 354 g/mol. The number of carbonyl (C=O) groups excluding carboxylic acids is 2. The summed E-state index contributed by atoms with van der Waals surface area (Å²) in [5, 5.41) is 0. The van der Waals surface area contributed by atoms with Gasteiger partial charge in [-0.05, 0) is 66.9 Å². The molecule has 0 aromatic carbocycles. The molecule has 0 bridgehead atoms. The van der Waals surface area contributed by atoms with Crippen molar-refractivity contribution in [2.24, 2.45) is 34.5 Å². The summed E-state index contributed by atoms with van der Waals surface area (Å²) in [4.78, 5) is 24.3. The van der Waals surface area contributed by atoms with E-state index in [9.17, 15) is 22.8 Å². The van der Waals surface area contributed by atoms with Gasteiger partial charge < -0.3 is 0 Å². The molecule has 0 spiro atoms. The molecule has 6 atom stereocenters. The Morgan fingerprint density at radius 3 is 2.36 bits per heavy atom. The van der Waals surface area contributed by atoms with E-state index in [4.69, 9.17) is 0 Å². The van der Waals surface area contributed by atoms with E-state index in [0.717, 1.165) is 19.3 Å². The van der Waals surface area contributed by atoms with Crippen LogP contribution in [0.4, 0.5) is 13.2 Å². The van der Waals surface area contributed by atoms with Crippen LogP contribution in [0.15, 0.2) is 11.6 Å². The number of ketones is 2. The second-order valence-corrected chi connectivity index (χ2v) is 9.11. The van der Waals surface area contributed by atoms with Crippen LogP contribution in [0.25, 0.3) is 0 Å². The minimum Gasteiger partial charge on any atom is -0.299 e. The molecule has 138 valence electrons. The highest BCUT2D eigenvalue weighted by molar-refractivity contribution is 5.92. The quantitative estimate of drug-likeness (QED) is 0.621. The lowest BCUT2D eigenvalue weighted by molar-refractivity contribution is -0.193. The number of fused-ring (bicyclic) bond motifs is 5. The Balaban J connectivity index is 1.80. The maximum Gasteiger partial charge on any atom is 0.395 e. The van der Waals surface area contributed by atoms with Crippen LogP contribution in [0.5, 0.6) is 0 Å². The van der Waals surface area contributed by atoms with Crippen LogP contribution >= 0.6 is 0 Å². The van der Waals surface area contributed by atoms with E-state index in [0.29, 0.717) is 24.8 Å². The van der Waals surface area contributed by atoms with Crippen molar-refractivity contribution in [3.8, 4) is 0 Å². The molecule has 0 unspecified atom stereocenters. The minimum atomic E-state index is -4.33. The van der Waals surface area contributed by atoms with Gasteiger partial charge in [0.25, 0.3) is 0 Å². The minimum absolute atomic E-state index is 0.0520. The van der Waals surface area contributed by atoms with Gasteiger partial charge in [-0.25, -0.2) is 0 Å². The van der Waals surface area contributed by atoms with E-state index in [1.165, 1.54) is 6.08 Å². The predicted octanol–water partition coefficient (Wildman–Crippen LogP) is 4.88. The van der Waals surface area contributed by atoms with Crippen LogP contribution in [-0.4, -0.2) is 17.7 Å². The Bertz CT molecular complexity index is 664. The smallest absolute Gasteiger partial charge is 0.299 e. The van der Waals surface area contributed by atoms with Gasteiger partial charge in [0.1, 0.15) is 5.78 Å². The predicted molar refractivity (Wildman–Crippen MR) is 86.6 cm³/mol. The highest BCUT2D eigenvalue weighted by Gasteiger charge is 2.63. The fraction of sp³-hybridized carbons (Fsp3) is 0.800. The third-order valence-electron chi connectivity index (χ3n) is 8.11. The van der Waals surface area contributed by atoms with Gasteiger partial charge in [0, 0.05) is 18.3 Å². The molecule has 2 nitrogen and oxygen atoms in total. The number of hydrogen-bond donors (Lipinski definition) is 0. The van der Waals surface area contributed by atoms with Gasteiger partial charge >= 0.3 is 6.18 Å². The summed E-state index contributed by atoms with van der Waals surface area (Å²) >= 11 is 0. The van der Waals surface area contributed by atoms with Gasteiger partial charge in [0.05, 0.1) is 5.92 Å². The van der Waals surface area contributed by atoms with Gasteiger partial charge in [-0.15, -0.1) is 0 Å². The second-order valence-electron chi connectivity index (χ2n) is 9.11. The molecule has 0 saturated heterocycles. The average molecular weight is 354 g/mol. The van der Waals surface area contributed by atoms with Crippen molar-refractivity contribution in [1.29, 1.82) is 0 Å². The molecule has 0 N–H and O–H groups in total. The number of rotatable bonds is 0. The van der Waals surface area contributed by atoms with Crippen molar-refractivity contribution < 1.29 is 22.8 Å². The summed E-state index contributed by atoms with van der Waals surface area (Å²) in [6.45, 7) is 3.92. The first-order valence-electron chi connectivity index (χ1n) is 9.42. The summed E-state index contributed by atoms with van der Waals surface area (Å²) in [6, 6.07) is 0. The van der Waals surface area contributed by atoms with Crippen molar-refractivity contribution in [3.05, 3.63) is 11.6 Å². The van der Waals surface area contributed by atoms with Gasteiger partial charge in [-0.2, -0.15) is 13.2 Å². The number of hydrogen-bond acceptors (Lipinski definition) is 2. The molecule has 0 aliphatic heterocycles. The van der Waals surface area contributed by atoms with Crippen molar-refractivity contribution in [2.45, 2.75) is 65.0 Å². The molecule has 5 heteroatoms. The highest BCUT2D eigenvalue weighted by Crippen LogP contribution is 2.67. The summed E-state index contributed by atoms with van der Waals surface area (Å²) in [7, 11) is 0. The molecule has 3 fully saturated rings. The largest absolute Gasteiger partial charge is 0.395 e. The van der Waals surface area contributed by atoms with E-state index in [1.807, 2.05) is 13.8 Å². The highest BCUT2D eigenvalue weighted by atomic mass is 19.4. The molecular weight excluding hydrogens is 329 g/mol. The molecule has 4 aliphatic carbocycles. The topological polar surface area (TPSA) is 34.1 Å². The number of allylic oxidation sites excluding steroid dienone is 1. The fourth-order valence-electron chi connectivity index (χ4n) is 6.72. The molecule has 0 heterocycles. The molecule has 0 radical (unpaired) electrons. The zero-order chi connectivity index (χ0) is 18.2. The molecule has 3 saturated carbocycles. The van der Waals surface area contributed by atoms with E-state index in [2.05, 4.69) is 0 Å². The van der Waals surface area contributed by atoms with Gasteiger partial charge in [0.2, 0.25) is 0 Å². The van der Waals surface area contributed by atoms with E-state index >= 15 is 0 Å². The summed E-state index contributed by atoms with van der Waals surface area (Å²) in [5.41, 5.74) is -0.658. The van der Waals surface area contributed by atoms with Gasteiger partial charge in [0.15, 0.2) is 5.78 Å². The molecule has 4 aliphatic rings. The van der Waals surface area contributed by atoms with Gasteiger partial charge in [-0.3, -0.25) is 9.59 Å². The molecule has 0 aromatic heterocycles. The normalized spacial score (nSPS) is 47.0. The SMILES string of the molecule is C[C@]12CCC(=O)C=C1[C@H](C(F)(F)F)C[C@@H]1[C@@H]2CC[C@]2(C)C(=O)CC[C@@H]12. The first-order valence-corrected chi connectivity index (χ1v) is 9.42. The Labute approximate surface area is 146 Å². The molecule has 0 amide bonds. The zero-order valence-corrected chi connectivity index (χ0v) is 14.8. The maximum absolute atomic E-state index is 13.9.